The lowest BCUT2D eigenvalue weighted by molar-refractivity contribution is 0.147. The van der Waals surface area contributed by atoms with Gasteiger partial charge in [0.1, 0.15) is 0 Å². The van der Waals surface area contributed by atoms with Crippen LogP contribution in [-0.2, 0) is 6.54 Å². The first kappa shape index (κ1) is 11.6. The molecule has 1 heterocycles. The Morgan fingerprint density at radius 3 is 2.75 bits per heavy atom. The van der Waals surface area contributed by atoms with Gasteiger partial charge in [0.25, 0.3) is 0 Å². The fourth-order valence-corrected chi connectivity index (χ4v) is 2.50. The molecule has 0 bridgehead atoms. The molecule has 0 radical (unpaired) electrons. The number of nitrogens with one attached hydrogen (secondary N) is 1. The van der Waals surface area contributed by atoms with Crippen LogP contribution in [0.2, 0.25) is 0 Å². The van der Waals surface area contributed by atoms with Crippen molar-refractivity contribution < 1.29 is 0 Å². The molecule has 2 atom stereocenters. The van der Waals surface area contributed by atoms with E-state index in [2.05, 4.69) is 54.5 Å². The molecule has 16 heavy (non-hydrogen) atoms. The van der Waals surface area contributed by atoms with Crippen molar-refractivity contribution in [3.05, 3.63) is 35.9 Å². The fraction of sp³-hybridized carbons (Fsp3) is 0.571. The molecular formula is C14H22N2. The van der Waals surface area contributed by atoms with E-state index in [1.165, 1.54) is 25.1 Å². The molecule has 1 aromatic carbocycles. The van der Waals surface area contributed by atoms with Crippen LogP contribution < -0.4 is 5.32 Å². The number of hydrogen-bond acceptors (Lipinski definition) is 2. The van der Waals surface area contributed by atoms with E-state index < -0.39 is 0 Å². The number of rotatable bonds is 3. The molecule has 1 aliphatic rings. The third-order valence-electron chi connectivity index (χ3n) is 3.66. The lowest BCUT2D eigenvalue weighted by Crippen LogP contribution is -2.48. The number of piperidine rings is 1. The average Bonchev–Trinajstić information content (AvgIpc) is 2.33. The number of hydrogen-bond donors (Lipinski definition) is 1. The summed E-state index contributed by atoms with van der Waals surface area (Å²) in [5, 5.41) is 3.43. The first-order chi connectivity index (χ1) is 7.79. The van der Waals surface area contributed by atoms with Crippen LogP contribution in [0.3, 0.4) is 0 Å². The Hall–Kier alpha value is -0.860. The molecule has 0 amide bonds. The summed E-state index contributed by atoms with van der Waals surface area (Å²) in [7, 11) is 2.08. The quantitative estimate of drug-likeness (QED) is 0.836. The van der Waals surface area contributed by atoms with Gasteiger partial charge >= 0.3 is 0 Å². The lowest BCUT2D eigenvalue weighted by Gasteiger charge is -2.37. The van der Waals surface area contributed by atoms with E-state index in [9.17, 15) is 0 Å². The molecule has 1 N–H and O–H groups in total. The predicted molar refractivity (Wildman–Crippen MR) is 68.3 cm³/mol. The second kappa shape index (κ2) is 5.46. The number of nitrogens with zero attached hydrogens (tertiary/aromatic N) is 1. The van der Waals surface area contributed by atoms with Crippen LogP contribution in [0.15, 0.2) is 30.3 Å². The van der Waals surface area contributed by atoms with Crippen molar-refractivity contribution in [2.24, 2.45) is 5.92 Å². The van der Waals surface area contributed by atoms with E-state index in [4.69, 9.17) is 0 Å². The van der Waals surface area contributed by atoms with E-state index >= 15 is 0 Å². The first-order valence-electron chi connectivity index (χ1n) is 6.23. The van der Waals surface area contributed by atoms with Crippen molar-refractivity contribution in [2.45, 2.75) is 25.9 Å². The largest absolute Gasteiger partial charge is 0.315 e. The maximum atomic E-state index is 3.43. The summed E-state index contributed by atoms with van der Waals surface area (Å²) in [4.78, 5) is 2.55. The summed E-state index contributed by atoms with van der Waals surface area (Å²) >= 11 is 0. The average molecular weight is 218 g/mol. The Bertz CT molecular complexity index is 310. The summed E-state index contributed by atoms with van der Waals surface area (Å²) < 4.78 is 0. The smallest absolute Gasteiger partial charge is 0.0234 e. The minimum absolute atomic E-state index is 0.650. The maximum absolute atomic E-state index is 3.43. The van der Waals surface area contributed by atoms with Gasteiger partial charge in [0.2, 0.25) is 0 Å². The molecule has 0 saturated carbocycles. The van der Waals surface area contributed by atoms with Crippen LogP contribution in [0.5, 0.6) is 0 Å². The highest BCUT2D eigenvalue weighted by Gasteiger charge is 2.24. The zero-order chi connectivity index (χ0) is 11.4. The molecule has 1 aromatic rings. The van der Waals surface area contributed by atoms with Gasteiger partial charge in [0, 0.05) is 19.1 Å². The SMILES string of the molecule is CN[C@H]1CN(Cc2ccccc2)CCC1C. The number of likely N-dealkylation sites (N-methyl/N-ethyl adjacent to an activating group) is 1. The zero-order valence-electron chi connectivity index (χ0n) is 10.3. The highest BCUT2D eigenvalue weighted by molar-refractivity contribution is 5.14. The number of benzene rings is 1. The second-order valence-electron chi connectivity index (χ2n) is 4.88. The second-order valence-corrected chi connectivity index (χ2v) is 4.88. The Morgan fingerprint density at radius 1 is 1.31 bits per heavy atom. The summed E-state index contributed by atoms with van der Waals surface area (Å²) in [6, 6.07) is 11.4. The third kappa shape index (κ3) is 2.83. The van der Waals surface area contributed by atoms with Gasteiger partial charge in [0.15, 0.2) is 0 Å². The van der Waals surface area contributed by atoms with Crippen molar-refractivity contribution in [3.63, 3.8) is 0 Å². The van der Waals surface area contributed by atoms with E-state index in [0.29, 0.717) is 6.04 Å². The molecule has 2 rings (SSSR count). The van der Waals surface area contributed by atoms with Gasteiger partial charge in [0.05, 0.1) is 0 Å². The van der Waals surface area contributed by atoms with Crippen molar-refractivity contribution in [3.8, 4) is 0 Å². The summed E-state index contributed by atoms with van der Waals surface area (Å²) in [6.07, 6.45) is 1.30. The van der Waals surface area contributed by atoms with Crippen LogP contribution >= 0.6 is 0 Å². The molecule has 1 fully saturated rings. The van der Waals surface area contributed by atoms with E-state index in [0.717, 1.165) is 12.5 Å². The monoisotopic (exact) mass is 218 g/mol. The van der Waals surface area contributed by atoms with E-state index in [-0.39, 0.29) is 0 Å². The highest BCUT2D eigenvalue weighted by atomic mass is 15.2. The molecule has 88 valence electrons. The molecule has 0 aliphatic carbocycles. The molecule has 2 heteroatoms. The summed E-state index contributed by atoms with van der Waals surface area (Å²) in [6.45, 7) is 5.84. The van der Waals surface area contributed by atoms with Crippen molar-refractivity contribution >= 4 is 0 Å². The van der Waals surface area contributed by atoms with E-state index in [1.807, 2.05) is 0 Å². The van der Waals surface area contributed by atoms with Crippen molar-refractivity contribution in [1.29, 1.82) is 0 Å². The molecule has 1 saturated heterocycles. The van der Waals surface area contributed by atoms with Gasteiger partial charge in [-0.1, -0.05) is 37.3 Å². The Balaban J connectivity index is 1.92. The van der Waals surface area contributed by atoms with Crippen LogP contribution in [0.1, 0.15) is 18.9 Å². The molecule has 1 unspecified atom stereocenters. The minimum Gasteiger partial charge on any atom is -0.315 e. The van der Waals surface area contributed by atoms with Crippen molar-refractivity contribution in [2.75, 3.05) is 20.1 Å². The van der Waals surface area contributed by atoms with Gasteiger partial charge in [-0.25, -0.2) is 0 Å². The first-order valence-corrected chi connectivity index (χ1v) is 6.23. The molecule has 1 aliphatic heterocycles. The van der Waals surface area contributed by atoms with E-state index in [1.54, 1.807) is 0 Å². The molecule has 0 aromatic heterocycles. The van der Waals surface area contributed by atoms with Gasteiger partial charge in [-0.15, -0.1) is 0 Å². The summed E-state index contributed by atoms with van der Waals surface area (Å²) in [5.41, 5.74) is 1.42. The summed E-state index contributed by atoms with van der Waals surface area (Å²) in [5.74, 6) is 0.803. The standard InChI is InChI=1S/C14H22N2/c1-12-8-9-16(11-14(12)15-2)10-13-6-4-3-5-7-13/h3-7,12,14-15H,8-11H2,1-2H3/t12?,14-/m0/s1. The molecular weight excluding hydrogens is 196 g/mol. The normalized spacial score (nSPS) is 26.9. The Morgan fingerprint density at radius 2 is 2.06 bits per heavy atom. The van der Waals surface area contributed by atoms with Gasteiger partial charge in [-0.2, -0.15) is 0 Å². The fourth-order valence-electron chi connectivity index (χ4n) is 2.50. The van der Waals surface area contributed by atoms with Crippen LogP contribution in [0.4, 0.5) is 0 Å². The topological polar surface area (TPSA) is 15.3 Å². The predicted octanol–water partition coefficient (Wildman–Crippen LogP) is 2.12. The Labute approximate surface area is 98.7 Å². The number of likely N-dealkylation sites (tertiary alicyclic amines) is 1. The minimum atomic E-state index is 0.650. The molecule has 0 spiro atoms. The highest BCUT2D eigenvalue weighted by Crippen LogP contribution is 2.18. The third-order valence-corrected chi connectivity index (χ3v) is 3.66. The molecule has 2 nitrogen and oxygen atoms in total. The van der Waals surface area contributed by atoms with Crippen molar-refractivity contribution in [1.82, 2.24) is 10.2 Å². The van der Waals surface area contributed by atoms with Crippen LogP contribution in [-0.4, -0.2) is 31.1 Å². The van der Waals surface area contributed by atoms with Crippen LogP contribution in [0.25, 0.3) is 0 Å². The van der Waals surface area contributed by atoms with Gasteiger partial charge in [-0.3, -0.25) is 4.90 Å². The zero-order valence-corrected chi connectivity index (χ0v) is 10.3. The van der Waals surface area contributed by atoms with Crippen LogP contribution in [0, 0.1) is 5.92 Å². The Kier molecular flexibility index (Phi) is 3.97. The lowest BCUT2D eigenvalue weighted by atomic mass is 9.93. The van der Waals surface area contributed by atoms with Gasteiger partial charge < -0.3 is 5.32 Å². The van der Waals surface area contributed by atoms with Gasteiger partial charge in [-0.05, 0) is 31.5 Å². The maximum Gasteiger partial charge on any atom is 0.0234 e.